The van der Waals surface area contributed by atoms with Gasteiger partial charge in [0.15, 0.2) is 0 Å². The Kier molecular flexibility index (Phi) is 11.2. The summed E-state index contributed by atoms with van der Waals surface area (Å²) >= 11 is 0. The van der Waals surface area contributed by atoms with Gasteiger partial charge in [-0.05, 0) is 64.8 Å². The topological polar surface area (TPSA) is 178 Å². The van der Waals surface area contributed by atoms with Gasteiger partial charge >= 0.3 is 18.0 Å². The van der Waals surface area contributed by atoms with Crippen LogP contribution in [-0.4, -0.2) is 66.5 Å². The average molecular weight is 567 g/mol. The molecular weight excluding hydrogens is 532 g/mol. The summed E-state index contributed by atoms with van der Waals surface area (Å²) in [5.41, 5.74) is 0.534. The van der Waals surface area contributed by atoms with Gasteiger partial charge in [0.05, 0.1) is 17.0 Å². The predicted molar refractivity (Wildman–Crippen MR) is 139 cm³/mol. The molecule has 0 fully saturated rings. The molecule has 13 heteroatoms. The number of carbonyl (C=O) groups excluding carboxylic acids is 1. The van der Waals surface area contributed by atoms with Gasteiger partial charge in [0.25, 0.3) is 10.1 Å². The van der Waals surface area contributed by atoms with Crippen molar-refractivity contribution in [3.8, 4) is 5.75 Å². The lowest BCUT2D eigenvalue weighted by atomic mass is 9.95. The molecule has 0 aliphatic heterocycles. The van der Waals surface area contributed by atoms with Gasteiger partial charge in [-0.1, -0.05) is 17.7 Å². The normalized spacial score (nSPS) is 13.2. The number of pyridine rings is 1. The Labute approximate surface area is 227 Å². The first-order valence-corrected chi connectivity index (χ1v) is 13.6. The van der Waals surface area contributed by atoms with Crippen molar-refractivity contribution < 1.29 is 46.7 Å². The zero-order chi connectivity index (χ0) is 29.2. The lowest BCUT2D eigenvalue weighted by molar-refractivity contribution is -0.143. The summed E-state index contributed by atoms with van der Waals surface area (Å²) in [5, 5.41) is 21.3. The van der Waals surface area contributed by atoms with Gasteiger partial charge in [-0.3, -0.25) is 14.0 Å². The first kappa shape index (κ1) is 31.5. The number of benzene rings is 1. The van der Waals surface area contributed by atoms with Crippen molar-refractivity contribution >= 4 is 28.1 Å². The monoisotopic (exact) mass is 566 g/mol. The number of hydrogen-bond donors (Lipinski definition) is 3. The number of nitrogens with zero attached hydrogens (tertiary/aromatic N) is 1. The van der Waals surface area contributed by atoms with Gasteiger partial charge in [-0.15, -0.1) is 0 Å². The van der Waals surface area contributed by atoms with E-state index in [1.54, 1.807) is 45.0 Å². The summed E-state index contributed by atoms with van der Waals surface area (Å²) in [4.78, 5) is 39.5. The number of aliphatic carboxylic acids is 2. The quantitative estimate of drug-likeness (QED) is 0.226. The Hall–Kier alpha value is -3.71. The van der Waals surface area contributed by atoms with Crippen LogP contribution in [0.5, 0.6) is 5.75 Å². The van der Waals surface area contributed by atoms with E-state index in [-0.39, 0.29) is 37.4 Å². The smallest absolute Gasteiger partial charge is 0.408 e. The highest BCUT2D eigenvalue weighted by atomic mass is 32.2. The highest BCUT2D eigenvalue weighted by molar-refractivity contribution is 7.86. The van der Waals surface area contributed by atoms with E-state index in [4.69, 9.17) is 13.7 Å². The molecule has 1 aromatic heterocycles. The second-order valence-electron chi connectivity index (χ2n) is 9.78. The van der Waals surface area contributed by atoms with Gasteiger partial charge in [0.2, 0.25) is 0 Å². The molecule has 0 aliphatic carbocycles. The fourth-order valence-electron chi connectivity index (χ4n) is 3.33. The number of ether oxygens (including phenoxy) is 2. The van der Waals surface area contributed by atoms with Crippen LogP contribution in [-0.2, 0) is 35.0 Å². The van der Waals surface area contributed by atoms with Crippen LogP contribution in [0.3, 0.4) is 0 Å². The molecule has 1 aromatic carbocycles. The van der Waals surface area contributed by atoms with Gasteiger partial charge < -0.3 is 25.0 Å². The van der Waals surface area contributed by atoms with Crippen LogP contribution in [0.2, 0.25) is 0 Å². The van der Waals surface area contributed by atoms with Gasteiger partial charge in [-0.25, -0.2) is 9.59 Å². The SMILES string of the molecule is Cc1ccc(S(=O)(=O)OCCOc2ccc(CC(CC[C@H](NC(=O)OC(C)(C)C)C(=O)O)C(=O)O)nc2)cc1. The molecule has 1 amide bonds. The van der Waals surface area contributed by atoms with Gasteiger partial charge in [0.1, 0.15) is 30.6 Å². The van der Waals surface area contributed by atoms with Crippen molar-refractivity contribution in [2.75, 3.05) is 13.2 Å². The number of aromatic nitrogens is 1. The maximum Gasteiger partial charge on any atom is 0.408 e. The Morgan fingerprint density at radius 3 is 2.18 bits per heavy atom. The Morgan fingerprint density at radius 1 is 0.974 bits per heavy atom. The van der Waals surface area contributed by atoms with Crippen LogP contribution in [0.4, 0.5) is 4.79 Å². The molecule has 0 spiro atoms. The molecule has 39 heavy (non-hydrogen) atoms. The molecule has 0 aliphatic rings. The van der Waals surface area contributed by atoms with Crippen LogP contribution < -0.4 is 10.1 Å². The molecule has 12 nitrogen and oxygen atoms in total. The Bertz CT molecular complexity index is 1220. The molecule has 0 radical (unpaired) electrons. The van der Waals surface area contributed by atoms with Crippen molar-refractivity contribution in [1.82, 2.24) is 10.3 Å². The number of carbonyl (C=O) groups is 3. The van der Waals surface area contributed by atoms with E-state index in [9.17, 15) is 33.0 Å². The number of aryl methyl sites for hydroxylation is 1. The zero-order valence-corrected chi connectivity index (χ0v) is 23.1. The second kappa shape index (κ2) is 13.9. The minimum absolute atomic E-state index is 0.0201. The van der Waals surface area contributed by atoms with E-state index in [0.717, 1.165) is 5.56 Å². The lowest BCUT2D eigenvalue weighted by Gasteiger charge is -2.22. The third-order valence-electron chi connectivity index (χ3n) is 5.30. The minimum Gasteiger partial charge on any atom is -0.490 e. The molecule has 2 rings (SSSR count). The van der Waals surface area contributed by atoms with Crippen LogP contribution in [0.15, 0.2) is 47.5 Å². The van der Waals surface area contributed by atoms with E-state index in [1.165, 1.54) is 18.3 Å². The Balaban J connectivity index is 1.86. The summed E-state index contributed by atoms with van der Waals surface area (Å²) in [6, 6.07) is 8.04. The molecular formula is C26H34N2O10S. The molecule has 2 aromatic rings. The highest BCUT2D eigenvalue weighted by Crippen LogP contribution is 2.18. The molecule has 0 saturated carbocycles. The number of carboxylic acid groups (broad SMARTS) is 2. The molecule has 1 unspecified atom stereocenters. The molecule has 0 bridgehead atoms. The maximum atomic E-state index is 12.2. The molecule has 2 atom stereocenters. The van der Waals surface area contributed by atoms with Crippen molar-refractivity contribution in [2.24, 2.45) is 5.92 Å². The van der Waals surface area contributed by atoms with Crippen molar-refractivity contribution in [3.05, 3.63) is 53.9 Å². The van der Waals surface area contributed by atoms with Crippen LogP contribution >= 0.6 is 0 Å². The molecule has 0 saturated heterocycles. The lowest BCUT2D eigenvalue weighted by Crippen LogP contribution is -2.43. The highest BCUT2D eigenvalue weighted by Gasteiger charge is 2.27. The van der Waals surface area contributed by atoms with E-state index < -0.39 is 45.7 Å². The second-order valence-corrected chi connectivity index (χ2v) is 11.4. The van der Waals surface area contributed by atoms with E-state index in [2.05, 4.69) is 10.3 Å². The van der Waals surface area contributed by atoms with Gasteiger partial charge in [-0.2, -0.15) is 8.42 Å². The first-order valence-electron chi connectivity index (χ1n) is 12.2. The Morgan fingerprint density at radius 2 is 1.64 bits per heavy atom. The summed E-state index contributed by atoms with van der Waals surface area (Å²) in [6.45, 7) is 6.46. The van der Waals surface area contributed by atoms with Crippen LogP contribution in [0.1, 0.15) is 44.9 Å². The fraction of sp³-hybridized carbons (Fsp3) is 0.462. The number of hydrogen-bond acceptors (Lipinski definition) is 9. The van der Waals surface area contributed by atoms with E-state index in [1.807, 2.05) is 6.92 Å². The minimum atomic E-state index is -3.91. The van der Waals surface area contributed by atoms with Gasteiger partial charge in [0, 0.05) is 12.1 Å². The third-order valence-corrected chi connectivity index (χ3v) is 6.62. The number of rotatable bonds is 14. The number of amides is 1. The molecule has 1 heterocycles. The summed E-state index contributed by atoms with van der Waals surface area (Å²) in [5.74, 6) is -3.06. The van der Waals surface area contributed by atoms with Crippen molar-refractivity contribution in [3.63, 3.8) is 0 Å². The first-order chi connectivity index (χ1) is 18.2. The van der Waals surface area contributed by atoms with E-state index in [0.29, 0.717) is 11.4 Å². The summed E-state index contributed by atoms with van der Waals surface area (Å²) in [7, 11) is -3.91. The average Bonchev–Trinajstić information content (AvgIpc) is 2.83. The molecule has 214 valence electrons. The van der Waals surface area contributed by atoms with E-state index >= 15 is 0 Å². The van der Waals surface area contributed by atoms with Crippen molar-refractivity contribution in [1.29, 1.82) is 0 Å². The zero-order valence-electron chi connectivity index (χ0n) is 22.2. The van der Waals surface area contributed by atoms with Crippen molar-refractivity contribution in [2.45, 2.75) is 63.5 Å². The fourth-order valence-corrected chi connectivity index (χ4v) is 4.23. The van der Waals surface area contributed by atoms with Crippen LogP contribution in [0, 0.1) is 12.8 Å². The largest absolute Gasteiger partial charge is 0.490 e. The molecule has 3 N–H and O–H groups in total. The maximum absolute atomic E-state index is 12.2. The number of carboxylic acids is 2. The summed E-state index contributed by atoms with van der Waals surface area (Å²) in [6.07, 6.45) is 0.323. The van der Waals surface area contributed by atoms with Crippen LogP contribution in [0.25, 0.3) is 0 Å². The number of alkyl carbamates (subject to hydrolysis) is 1. The summed E-state index contributed by atoms with van der Waals surface area (Å²) < 4.78 is 39.9. The third kappa shape index (κ3) is 11.3. The standard InChI is InChI=1S/C26H34N2O10S/c1-17-5-10-21(11-6-17)39(34,35)37-14-13-36-20-9-8-19(27-16-20)15-18(23(29)30)7-12-22(24(31)32)28-25(33)38-26(2,3)4/h5-6,8-11,16,18,22H,7,12-15H2,1-4H3,(H,28,33)(H,29,30)(H,31,32)/t18?,22-/m0/s1. The predicted octanol–water partition coefficient (Wildman–Crippen LogP) is 3.18. The number of nitrogens with one attached hydrogen (secondary N) is 1.